The Bertz CT molecular complexity index is 878. The maximum absolute atomic E-state index is 12.8. The first-order chi connectivity index (χ1) is 13.0. The van der Waals surface area contributed by atoms with Gasteiger partial charge < -0.3 is 15.2 Å². The largest absolute Gasteiger partial charge is 0.368 e. The van der Waals surface area contributed by atoms with Crippen molar-refractivity contribution in [2.75, 3.05) is 26.2 Å². The summed E-state index contributed by atoms with van der Waals surface area (Å²) in [5.41, 5.74) is 7.06. The minimum absolute atomic E-state index is 0.174. The van der Waals surface area contributed by atoms with E-state index in [0.717, 1.165) is 6.42 Å². The molecule has 1 aliphatic rings. The quantitative estimate of drug-likeness (QED) is 0.819. The molecule has 0 radical (unpaired) electrons. The summed E-state index contributed by atoms with van der Waals surface area (Å²) in [6.45, 7) is 2.06. The van der Waals surface area contributed by atoms with Gasteiger partial charge in [0.1, 0.15) is 6.04 Å². The molecule has 1 atom stereocenters. The lowest BCUT2D eigenvalue weighted by Gasteiger charge is -2.40. The highest BCUT2D eigenvalue weighted by Gasteiger charge is 2.33. The van der Waals surface area contributed by atoms with Crippen molar-refractivity contribution in [1.82, 2.24) is 14.4 Å². The highest BCUT2D eigenvalue weighted by molar-refractivity contribution is 5.94. The lowest BCUT2D eigenvalue weighted by atomic mass is 10.1. The van der Waals surface area contributed by atoms with Crippen LogP contribution in [0.4, 0.5) is 0 Å². The summed E-state index contributed by atoms with van der Waals surface area (Å²) in [6.07, 6.45) is 2.34. The van der Waals surface area contributed by atoms with Crippen molar-refractivity contribution in [2.45, 2.75) is 12.5 Å². The minimum Gasteiger partial charge on any atom is -0.368 e. The van der Waals surface area contributed by atoms with Gasteiger partial charge in [0.25, 0.3) is 5.91 Å². The van der Waals surface area contributed by atoms with Crippen molar-refractivity contribution >= 4 is 11.8 Å². The number of amides is 2. The van der Waals surface area contributed by atoms with Crippen molar-refractivity contribution in [2.24, 2.45) is 12.8 Å². The number of carbonyl (C=O) groups excluding carboxylic acids is 2. The summed E-state index contributed by atoms with van der Waals surface area (Å²) in [7, 11) is 1.60. The number of hydrogen-bond acceptors (Lipinski definition) is 4. The molecular formula is C20H24N4O3. The summed E-state index contributed by atoms with van der Waals surface area (Å²) in [5.74, 6) is -0.624. The Morgan fingerprint density at radius 1 is 1.11 bits per heavy atom. The molecule has 3 rings (SSSR count). The fourth-order valence-corrected chi connectivity index (χ4v) is 3.36. The molecule has 7 nitrogen and oxygen atoms in total. The zero-order valence-electron chi connectivity index (χ0n) is 15.4. The standard InChI is InChI=1S/C20H24N4O3/c1-22-13-16(7-8-18(22)25)20(27)24-12-11-23(17(14-24)19(21)26)10-9-15-5-3-2-4-6-15/h2-8,13,17H,9-12,14H2,1H3,(H2,21,26). The number of aryl methyl sites for hydroxylation is 1. The van der Waals surface area contributed by atoms with Crippen molar-refractivity contribution < 1.29 is 9.59 Å². The Morgan fingerprint density at radius 3 is 2.52 bits per heavy atom. The number of aromatic nitrogens is 1. The molecule has 1 fully saturated rings. The molecule has 1 aromatic heterocycles. The summed E-state index contributed by atoms with van der Waals surface area (Å²) >= 11 is 0. The molecule has 0 saturated carbocycles. The van der Waals surface area contributed by atoms with Crippen molar-refractivity contribution in [3.63, 3.8) is 0 Å². The Balaban J connectivity index is 1.68. The number of benzene rings is 1. The molecule has 2 aromatic rings. The number of nitrogens with two attached hydrogens (primary N) is 1. The van der Waals surface area contributed by atoms with Crippen molar-refractivity contribution in [3.05, 3.63) is 70.1 Å². The van der Waals surface area contributed by atoms with E-state index in [1.165, 1.54) is 28.5 Å². The van der Waals surface area contributed by atoms with Crippen LogP contribution in [0.25, 0.3) is 0 Å². The van der Waals surface area contributed by atoms with Crippen molar-refractivity contribution in [1.29, 1.82) is 0 Å². The molecular weight excluding hydrogens is 344 g/mol. The van der Waals surface area contributed by atoms with Gasteiger partial charge in [-0.3, -0.25) is 19.3 Å². The molecule has 2 amide bonds. The van der Waals surface area contributed by atoms with Crippen LogP contribution in [0.5, 0.6) is 0 Å². The molecule has 142 valence electrons. The number of piperazine rings is 1. The zero-order chi connectivity index (χ0) is 19.4. The van der Waals surface area contributed by atoms with Crippen LogP contribution in [0.2, 0.25) is 0 Å². The summed E-state index contributed by atoms with van der Waals surface area (Å²) in [6, 6.07) is 12.4. The van der Waals surface area contributed by atoms with Gasteiger partial charge in [0.2, 0.25) is 11.5 Å². The van der Waals surface area contributed by atoms with Crippen LogP contribution >= 0.6 is 0 Å². The topological polar surface area (TPSA) is 88.6 Å². The third-order valence-electron chi connectivity index (χ3n) is 4.97. The second-order valence-corrected chi connectivity index (χ2v) is 6.81. The van der Waals surface area contributed by atoms with Gasteiger partial charge in [-0.05, 0) is 18.1 Å². The van der Waals surface area contributed by atoms with Gasteiger partial charge in [-0.15, -0.1) is 0 Å². The third-order valence-corrected chi connectivity index (χ3v) is 4.97. The molecule has 0 spiro atoms. The zero-order valence-corrected chi connectivity index (χ0v) is 15.4. The molecule has 7 heteroatoms. The van der Waals surface area contributed by atoms with E-state index in [1.54, 1.807) is 11.9 Å². The van der Waals surface area contributed by atoms with Crippen LogP contribution in [0.1, 0.15) is 15.9 Å². The van der Waals surface area contributed by atoms with Gasteiger partial charge in [-0.1, -0.05) is 30.3 Å². The first-order valence-corrected chi connectivity index (χ1v) is 8.99. The molecule has 27 heavy (non-hydrogen) atoms. The average molecular weight is 368 g/mol. The number of hydrogen-bond donors (Lipinski definition) is 1. The number of primary amides is 1. The summed E-state index contributed by atoms with van der Waals surface area (Å²) in [4.78, 5) is 39.9. The Kier molecular flexibility index (Phi) is 5.71. The summed E-state index contributed by atoms with van der Waals surface area (Å²) < 4.78 is 1.37. The summed E-state index contributed by atoms with van der Waals surface area (Å²) in [5, 5.41) is 0. The first kappa shape index (κ1) is 18.8. The first-order valence-electron chi connectivity index (χ1n) is 8.99. The lowest BCUT2D eigenvalue weighted by Crippen LogP contribution is -2.59. The fourth-order valence-electron chi connectivity index (χ4n) is 3.36. The normalized spacial score (nSPS) is 17.7. The second-order valence-electron chi connectivity index (χ2n) is 6.81. The van der Waals surface area contributed by atoms with E-state index in [0.29, 0.717) is 25.2 Å². The monoisotopic (exact) mass is 368 g/mol. The molecule has 1 aliphatic heterocycles. The van der Waals surface area contributed by atoms with Gasteiger partial charge >= 0.3 is 0 Å². The maximum atomic E-state index is 12.8. The predicted octanol–water partition coefficient (Wildman–Crippen LogP) is 0.240. The number of carbonyl (C=O) groups is 2. The highest BCUT2D eigenvalue weighted by Crippen LogP contribution is 2.14. The molecule has 0 bridgehead atoms. The molecule has 2 heterocycles. The Labute approximate surface area is 158 Å². The second kappa shape index (κ2) is 8.18. The van der Waals surface area contributed by atoms with Crippen molar-refractivity contribution in [3.8, 4) is 0 Å². The predicted molar refractivity (Wildman–Crippen MR) is 102 cm³/mol. The molecule has 1 aromatic carbocycles. The van der Waals surface area contributed by atoms with Gasteiger partial charge in [0.15, 0.2) is 0 Å². The fraction of sp³-hybridized carbons (Fsp3) is 0.350. The lowest BCUT2D eigenvalue weighted by molar-refractivity contribution is -0.125. The number of nitrogens with zero attached hydrogens (tertiary/aromatic N) is 3. The van der Waals surface area contributed by atoms with Gasteiger partial charge in [-0.25, -0.2) is 0 Å². The van der Waals surface area contributed by atoms with Crippen LogP contribution < -0.4 is 11.3 Å². The molecule has 1 unspecified atom stereocenters. The van der Waals surface area contributed by atoms with E-state index in [4.69, 9.17) is 5.73 Å². The maximum Gasteiger partial charge on any atom is 0.255 e. The van der Waals surface area contributed by atoms with Crippen LogP contribution in [-0.4, -0.2) is 58.4 Å². The van der Waals surface area contributed by atoms with Gasteiger partial charge in [-0.2, -0.15) is 0 Å². The van der Waals surface area contributed by atoms with E-state index in [1.807, 2.05) is 23.1 Å². The Hall–Kier alpha value is -2.93. The van der Waals surface area contributed by atoms with E-state index in [2.05, 4.69) is 12.1 Å². The smallest absolute Gasteiger partial charge is 0.255 e. The SMILES string of the molecule is Cn1cc(C(=O)N2CCN(CCc3ccccc3)C(C(N)=O)C2)ccc1=O. The van der Waals surface area contributed by atoms with Crippen LogP contribution in [-0.2, 0) is 18.3 Å². The van der Waals surface area contributed by atoms with Gasteiger partial charge in [0.05, 0.1) is 5.56 Å². The van der Waals surface area contributed by atoms with E-state index < -0.39 is 11.9 Å². The van der Waals surface area contributed by atoms with Crippen LogP contribution in [0.15, 0.2) is 53.5 Å². The van der Waals surface area contributed by atoms with Crippen LogP contribution in [0.3, 0.4) is 0 Å². The van der Waals surface area contributed by atoms with E-state index in [-0.39, 0.29) is 18.0 Å². The average Bonchev–Trinajstić information content (AvgIpc) is 2.68. The van der Waals surface area contributed by atoms with E-state index >= 15 is 0 Å². The highest BCUT2D eigenvalue weighted by atomic mass is 16.2. The third kappa shape index (κ3) is 4.43. The molecule has 2 N–H and O–H groups in total. The van der Waals surface area contributed by atoms with E-state index in [9.17, 15) is 14.4 Å². The number of pyridine rings is 1. The Morgan fingerprint density at radius 2 is 1.85 bits per heavy atom. The number of rotatable bonds is 5. The molecule has 1 saturated heterocycles. The molecule has 0 aliphatic carbocycles. The van der Waals surface area contributed by atoms with Gasteiger partial charge in [0, 0.05) is 45.5 Å². The van der Waals surface area contributed by atoms with Crippen LogP contribution in [0, 0.1) is 0 Å². The minimum atomic E-state index is -0.515.